The Balaban J connectivity index is 1.37. The Labute approximate surface area is 182 Å². The number of hydrogen-bond donors (Lipinski definition) is 0. The molecule has 3 heterocycles. The number of amides is 1. The molecule has 1 saturated heterocycles. The van der Waals surface area contributed by atoms with E-state index >= 15 is 0 Å². The summed E-state index contributed by atoms with van der Waals surface area (Å²) in [5, 5.41) is 5.93. The monoisotopic (exact) mass is 436 g/mol. The number of carbonyl (C=O) groups is 1. The summed E-state index contributed by atoms with van der Waals surface area (Å²) in [6, 6.07) is 13.2. The largest absolute Gasteiger partial charge is 0.352 e. The summed E-state index contributed by atoms with van der Waals surface area (Å²) >= 11 is 6.12. The van der Waals surface area contributed by atoms with E-state index in [2.05, 4.69) is 20.0 Å². The third kappa shape index (κ3) is 3.70. The van der Waals surface area contributed by atoms with Crippen molar-refractivity contribution in [1.29, 1.82) is 0 Å². The molecule has 4 aromatic rings. The highest BCUT2D eigenvalue weighted by Crippen LogP contribution is 2.26. The summed E-state index contributed by atoms with van der Waals surface area (Å²) in [4.78, 5) is 25.4. The predicted molar refractivity (Wildman–Crippen MR) is 116 cm³/mol. The van der Waals surface area contributed by atoms with Crippen LogP contribution in [0.5, 0.6) is 0 Å². The number of piperazine rings is 1. The van der Waals surface area contributed by atoms with Crippen molar-refractivity contribution in [2.45, 2.75) is 0 Å². The standard InChI is InChI=1S/C22H18ClFN6O/c23-16-4-2-6-18(12-16)30-21-19(13-27-30)20(25-14-26-21)28-7-9-29(10-8-28)22(31)15-3-1-5-17(24)11-15/h1-6,11-14H,7-10H2. The zero-order chi connectivity index (χ0) is 21.4. The molecular weight excluding hydrogens is 419 g/mol. The van der Waals surface area contributed by atoms with Gasteiger partial charge in [-0.15, -0.1) is 0 Å². The summed E-state index contributed by atoms with van der Waals surface area (Å²) < 4.78 is 15.2. The number of aromatic nitrogens is 4. The normalized spacial score (nSPS) is 14.3. The molecule has 9 heteroatoms. The van der Waals surface area contributed by atoms with E-state index in [9.17, 15) is 9.18 Å². The van der Waals surface area contributed by atoms with E-state index in [1.807, 2.05) is 24.3 Å². The Kier molecular flexibility index (Phi) is 4.99. The zero-order valence-electron chi connectivity index (χ0n) is 16.4. The molecule has 5 rings (SSSR count). The Morgan fingerprint density at radius 1 is 1.00 bits per heavy atom. The molecule has 1 fully saturated rings. The van der Waals surface area contributed by atoms with Gasteiger partial charge in [-0.25, -0.2) is 19.0 Å². The first-order chi connectivity index (χ1) is 15.1. The van der Waals surface area contributed by atoms with E-state index in [1.165, 1.54) is 18.5 Å². The van der Waals surface area contributed by atoms with E-state index in [4.69, 9.17) is 11.6 Å². The smallest absolute Gasteiger partial charge is 0.254 e. The van der Waals surface area contributed by atoms with E-state index in [0.29, 0.717) is 42.4 Å². The minimum absolute atomic E-state index is 0.166. The van der Waals surface area contributed by atoms with Crippen molar-refractivity contribution in [3.05, 3.63) is 77.5 Å². The minimum Gasteiger partial charge on any atom is -0.352 e. The molecule has 0 unspecified atom stereocenters. The number of rotatable bonds is 3. The molecule has 0 atom stereocenters. The summed E-state index contributed by atoms with van der Waals surface area (Å²) in [6.07, 6.45) is 3.26. The highest BCUT2D eigenvalue weighted by atomic mass is 35.5. The fraction of sp³-hybridized carbons (Fsp3) is 0.182. The second kappa shape index (κ2) is 7.96. The van der Waals surface area contributed by atoms with E-state index in [-0.39, 0.29) is 5.91 Å². The molecule has 1 amide bonds. The van der Waals surface area contributed by atoms with Gasteiger partial charge in [0.1, 0.15) is 18.0 Å². The van der Waals surface area contributed by atoms with Gasteiger partial charge in [-0.3, -0.25) is 4.79 Å². The van der Waals surface area contributed by atoms with Gasteiger partial charge in [0.15, 0.2) is 5.65 Å². The molecule has 1 aliphatic rings. The van der Waals surface area contributed by atoms with Crippen LogP contribution in [0.25, 0.3) is 16.7 Å². The molecule has 2 aromatic heterocycles. The maximum atomic E-state index is 13.5. The fourth-order valence-electron chi connectivity index (χ4n) is 3.81. The van der Waals surface area contributed by atoms with Crippen LogP contribution in [0.15, 0.2) is 61.1 Å². The number of hydrogen-bond acceptors (Lipinski definition) is 5. The van der Waals surface area contributed by atoms with E-state index < -0.39 is 5.82 Å². The van der Waals surface area contributed by atoms with Crippen molar-refractivity contribution in [2.24, 2.45) is 0 Å². The summed E-state index contributed by atoms with van der Waals surface area (Å²) in [7, 11) is 0. The summed E-state index contributed by atoms with van der Waals surface area (Å²) in [5.41, 5.74) is 1.86. The minimum atomic E-state index is -0.412. The van der Waals surface area contributed by atoms with Gasteiger partial charge in [-0.1, -0.05) is 23.7 Å². The highest BCUT2D eigenvalue weighted by molar-refractivity contribution is 6.30. The van der Waals surface area contributed by atoms with Gasteiger partial charge in [0.2, 0.25) is 0 Å². The van der Waals surface area contributed by atoms with Crippen molar-refractivity contribution < 1.29 is 9.18 Å². The summed E-state index contributed by atoms with van der Waals surface area (Å²) in [5.74, 6) is 0.196. The lowest BCUT2D eigenvalue weighted by Gasteiger charge is -2.35. The number of anilines is 1. The average Bonchev–Trinajstić information content (AvgIpc) is 3.23. The molecule has 0 bridgehead atoms. The second-order valence-electron chi connectivity index (χ2n) is 7.26. The Bertz CT molecular complexity index is 1270. The lowest BCUT2D eigenvalue weighted by Crippen LogP contribution is -2.49. The maximum Gasteiger partial charge on any atom is 0.254 e. The Morgan fingerprint density at radius 3 is 2.58 bits per heavy atom. The number of fused-ring (bicyclic) bond motifs is 1. The van der Waals surface area contributed by atoms with Crippen LogP contribution >= 0.6 is 11.6 Å². The van der Waals surface area contributed by atoms with Crippen LogP contribution in [0.4, 0.5) is 10.2 Å². The van der Waals surface area contributed by atoms with Crippen LogP contribution in [-0.2, 0) is 0 Å². The molecular formula is C22H18ClFN6O. The number of carbonyl (C=O) groups excluding carboxylic acids is 1. The third-order valence-electron chi connectivity index (χ3n) is 5.34. The van der Waals surface area contributed by atoms with E-state index in [1.54, 1.807) is 27.9 Å². The van der Waals surface area contributed by atoms with Crippen molar-refractivity contribution in [3.63, 3.8) is 0 Å². The first kappa shape index (κ1) is 19.4. The van der Waals surface area contributed by atoms with Crippen molar-refractivity contribution >= 4 is 34.4 Å². The van der Waals surface area contributed by atoms with Gasteiger partial charge in [0, 0.05) is 36.8 Å². The molecule has 7 nitrogen and oxygen atoms in total. The quantitative estimate of drug-likeness (QED) is 0.491. The molecule has 0 saturated carbocycles. The molecule has 31 heavy (non-hydrogen) atoms. The third-order valence-corrected chi connectivity index (χ3v) is 5.57. The second-order valence-corrected chi connectivity index (χ2v) is 7.70. The molecule has 2 aromatic carbocycles. The van der Waals surface area contributed by atoms with Gasteiger partial charge in [-0.2, -0.15) is 5.10 Å². The average molecular weight is 437 g/mol. The number of halogens is 2. The molecule has 156 valence electrons. The fourth-order valence-corrected chi connectivity index (χ4v) is 3.99. The van der Waals surface area contributed by atoms with Crippen molar-refractivity contribution in [1.82, 2.24) is 24.6 Å². The van der Waals surface area contributed by atoms with Gasteiger partial charge in [-0.05, 0) is 36.4 Å². The first-order valence-electron chi connectivity index (χ1n) is 9.84. The summed E-state index contributed by atoms with van der Waals surface area (Å²) in [6.45, 7) is 2.25. The number of nitrogens with zero attached hydrogens (tertiary/aromatic N) is 6. The van der Waals surface area contributed by atoms with Crippen LogP contribution in [-0.4, -0.2) is 56.7 Å². The maximum absolute atomic E-state index is 13.5. The molecule has 0 N–H and O–H groups in total. The Morgan fingerprint density at radius 2 is 1.81 bits per heavy atom. The highest BCUT2D eigenvalue weighted by Gasteiger charge is 2.25. The van der Waals surface area contributed by atoms with Gasteiger partial charge in [0.25, 0.3) is 5.91 Å². The van der Waals surface area contributed by atoms with Crippen LogP contribution in [0.3, 0.4) is 0 Å². The molecule has 1 aliphatic heterocycles. The molecule has 0 spiro atoms. The topological polar surface area (TPSA) is 67.2 Å². The SMILES string of the molecule is O=C(c1cccc(F)c1)N1CCN(c2ncnc3c2cnn3-c2cccc(Cl)c2)CC1. The van der Waals surface area contributed by atoms with Gasteiger partial charge < -0.3 is 9.80 Å². The predicted octanol–water partition coefficient (Wildman–Crippen LogP) is 3.57. The van der Waals surface area contributed by atoms with Crippen LogP contribution in [0, 0.1) is 5.82 Å². The van der Waals surface area contributed by atoms with Gasteiger partial charge in [0.05, 0.1) is 17.3 Å². The molecule has 0 aliphatic carbocycles. The van der Waals surface area contributed by atoms with Crippen molar-refractivity contribution in [2.75, 3.05) is 31.1 Å². The lowest BCUT2D eigenvalue weighted by atomic mass is 10.1. The van der Waals surface area contributed by atoms with Crippen LogP contribution in [0.1, 0.15) is 10.4 Å². The molecule has 0 radical (unpaired) electrons. The Hall–Kier alpha value is -3.52. The van der Waals surface area contributed by atoms with Crippen LogP contribution < -0.4 is 4.90 Å². The number of benzene rings is 2. The van der Waals surface area contributed by atoms with Gasteiger partial charge >= 0.3 is 0 Å². The lowest BCUT2D eigenvalue weighted by molar-refractivity contribution is 0.0746. The zero-order valence-corrected chi connectivity index (χ0v) is 17.2. The first-order valence-corrected chi connectivity index (χ1v) is 10.2. The van der Waals surface area contributed by atoms with E-state index in [0.717, 1.165) is 16.9 Å². The van der Waals surface area contributed by atoms with Crippen molar-refractivity contribution in [3.8, 4) is 5.69 Å². The van der Waals surface area contributed by atoms with Crippen LogP contribution in [0.2, 0.25) is 5.02 Å².